The number of aliphatic hydroxyl groups excluding tert-OH is 1. The van der Waals surface area contributed by atoms with Crippen LogP contribution in [0.15, 0.2) is 30.6 Å². The number of aliphatic hydroxyl groups is 1. The van der Waals surface area contributed by atoms with Crippen LogP contribution < -0.4 is 9.47 Å². The highest BCUT2D eigenvalue weighted by Gasteiger charge is 2.43. The number of imidazole rings is 1. The Bertz CT molecular complexity index is 747. The van der Waals surface area contributed by atoms with Crippen molar-refractivity contribution in [3.05, 3.63) is 30.6 Å². The highest BCUT2D eigenvalue weighted by molar-refractivity contribution is 5.62. The van der Waals surface area contributed by atoms with Gasteiger partial charge in [0.1, 0.15) is 5.82 Å². The van der Waals surface area contributed by atoms with Gasteiger partial charge in [0.05, 0.1) is 0 Å². The Hall–Kier alpha value is -2.15. The van der Waals surface area contributed by atoms with E-state index in [1.807, 2.05) is 6.20 Å². The zero-order valence-electron chi connectivity index (χ0n) is 13.0. The maximum absolute atomic E-state index is 13.2. The van der Waals surface area contributed by atoms with E-state index in [0.29, 0.717) is 17.3 Å². The van der Waals surface area contributed by atoms with Crippen molar-refractivity contribution in [1.82, 2.24) is 9.55 Å². The Kier molecular flexibility index (Phi) is 3.68. The molecule has 0 bridgehead atoms. The van der Waals surface area contributed by atoms with E-state index in [-0.39, 0.29) is 24.1 Å². The van der Waals surface area contributed by atoms with Gasteiger partial charge in [0.2, 0.25) is 0 Å². The van der Waals surface area contributed by atoms with Gasteiger partial charge in [-0.25, -0.2) is 4.98 Å². The molecule has 1 fully saturated rings. The largest absolute Gasteiger partial charge is 0.586 e. The average molecular weight is 336 g/mol. The van der Waals surface area contributed by atoms with Crippen molar-refractivity contribution < 1.29 is 23.4 Å². The fourth-order valence-electron chi connectivity index (χ4n) is 3.60. The van der Waals surface area contributed by atoms with Crippen LogP contribution in [0, 0.1) is 5.92 Å². The molecular formula is C17H18F2N2O3. The molecule has 1 N–H and O–H groups in total. The predicted octanol–water partition coefficient (Wildman–Crippen LogP) is 3.60. The molecule has 0 saturated heterocycles. The summed E-state index contributed by atoms with van der Waals surface area (Å²) in [6.45, 7) is 0.194. The van der Waals surface area contributed by atoms with Gasteiger partial charge in [-0.2, -0.15) is 0 Å². The van der Waals surface area contributed by atoms with Gasteiger partial charge in [-0.3, -0.25) is 0 Å². The maximum atomic E-state index is 13.2. The van der Waals surface area contributed by atoms with Crippen molar-refractivity contribution in [3.8, 4) is 22.9 Å². The van der Waals surface area contributed by atoms with Crippen molar-refractivity contribution >= 4 is 0 Å². The molecule has 2 aromatic rings. The van der Waals surface area contributed by atoms with Gasteiger partial charge in [0.25, 0.3) is 0 Å². The summed E-state index contributed by atoms with van der Waals surface area (Å²) in [5, 5.41) is 9.42. The summed E-state index contributed by atoms with van der Waals surface area (Å²) in [6, 6.07) is 4.96. The van der Waals surface area contributed by atoms with E-state index in [1.165, 1.54) is 12.1 Å². The average Bonchev–Trinajstić information content (AvgIpc) is 3.16. The van der Waals surface area contributed by atoms with Gasteiger partial charge in [-0.1, -0.05) is 6.42 Å². The van der Waals surface area contributed by atoms with E-state index in [2.05, 4.69) is 19.0 Å². The number of rotatable bonds is 3. The van der Waals surface area contributed by atoms with Crippen LogP contribution in [0.1, 0.15) is 31.7 Å². The standard InChI is InChI=1S/C17H18F2N2O3/c18-17(19)23-14-5-4-12(9-15(14)24-17)16-20-6-7-21(16)13-3-1-2-11(8-13)10-22/h4-7,9,11,13,22H,1-3,8,10H2/t11-,13-/m1/s1. The fourth-order valence-corrected chi connectivity index (χ4v) is 3.60. The monoisotopic (exact) mass is 336 g/mol. The molecule has 0 radical (unpaired) electrons. The first kappa shape index (κ1) is 15.4. The molecule has 1 aliphatic heterocycles. The highest BCUT2D eigenvalue weighted by Crippen LogP contribution is 2.43. The molecule has 128 valence electrons. The maximum Gasteiger partial charge on any atom is 0.586 e. The SMILES string of the molecule is OC[C@@H]1CCC[C@@H](n2ccnc2-c2ccc3c(c2)OC(F)(F)O3)C1. The van der Waals surface area contributed by atoms with Crippen LogP contribution in [0.25, 0.3) is 11.4 Å². The summed E-state index contributed by atoms with van der Waals surface area (Å²) in [6.07, 6.45) is 3.99. The predicted molar refractivity (Wildman–Crippen MR) is 81.9 cm³/mol. The smallest absolute Gasteiger partial charge is 0.396 e. The number of benzene rings is 1. The van der Waals surface area contributed by atoms with Crippen molar-refractivity contribution in [2.45, 2.75) is 38.0 Å². The second-order valence-corrected chi connectivity index (χ2v) is 6.36. The summed E-state index contributed by atoms with van der Waals surface area (Å²) in [5.74, 6) is 1.05. The molecule has 0 spiro atoms. The van der Waals surface area contributed by atoms with E-state index in [9.17, 15) is 13.9 Å². The van der Waals surface area contributed by atoms with Crippen LogP contribution in [0.3, 0.4) is 0 Å². The van der Waals surface area contributed by atoms with E-state index in [4.69, 9.17) is 0 Å². The van der Waals surface area contributed by atoms with Crippen LogP contribution in [0.4, 0.5) is 8.78 Å². The molecule has 5 nitrogen and oxygen atoms in total. The van der Waals surface area contributed by atoms with Gasteiger partial charge in [-0.05, 0) is 43.4 Å². The minimum absolute atomic E-state index is 0.0175. The summed E-state index contributed by atoms with van der Waals surface area (Å²) in [4.78, 5) is 4.39. The summed E-state index contributed by atoms with van der Waals surface area (Å²) < 4.78 is 37.4. The molecular weight excluding hydrogens is 318 g/mol. The number of hydrogen-bond donors (Lipinski definition) is 1. The van der Waals surface area contributed by atoms with E-state index >= 15 is 0 Å². The third-order valence-electron chi connectivity index (χ3n) is 4.73. The number of alkyl halides is 2. The lowest BCUT2D eigenvalue weighted by Crippen LogP contribution is -2.25. The van der Waals surface area contributed by atoms with Gasteiger partial charge in [-0.15, -0.1) is 8.78 Å². The summed E-state index contributed by atoms with van der Waals surface area (Å²) in [5.41, 5.74) is 0.700. The Labute approximate surface area is 137 Å². The number of aromatic nitrogens is 2. The third kappa shape index (κ3) is 2.73. The second-order valence-electron chi connectivity index (χ2n) is 6.36. The minimum Gasteiger partial charge on any atom is -0.396 e. The van der Waals surface area contributed by atoms with Gasteiger partial charge in [0.15, 0.2) is 11.5 Å². The van der Waals surface area contributed by atoms with E-state index in [0.717, 1.165) is 25.7 Å². The number of halogens is 2. The van der Waals surface area contributed by atoms with Crippen LogP contribution in [-0.4, -0.2) is 27.6 Å². The van der Waals surface area contributed by atoms with E-state index in [1.54, 1.807) is 12.3 Å². The normalized spacial score (nSPS) is 25.0. The van der Waals surface area contributed by atoms with Crippen molar-refractivity contribution in [3.63, 3.8) is 0 Å². The number of fused-ring (bicyclic) bond motifs is 1. The first-order valence-corrected chi connectivity index (χ1v) is 8.10. The molecule has 1 aromatic heterocycles. The van der Waals surface area contributed by atoms with Crippen LogP contribution >= 0.6 is 0 Å². The van der Waals surface area contributed by atoms with Crippen LogP contribution in [-0.2, 0) is 0 Å². The highest BCUT2D eigenvalue weighted by atomic mass is 19.3. The van der Waals surface area contributed by atoms with Gasteiger partial charge >= 0.3 is 6.29 Å². The molecule has 2 aliphatic rings. The Morgan fingerprint density at radius 2 is 2.08 bits per heavy atom. The van der Waals surface area contributed by atoms with E-state index < -0.39 is 6.29 Å². The first-order chi connectivity index (χ1) is 11.6. The summed E-state index contributed by atoms with van der Waals surface area (Å²) in [7, 11) is 0. The topological polar surface area (TPSA) is 56.5 Å². The lowest BCUT2D eigenvalue weighted by atomic mass is 9.86. The number of nitrogens with zero attached hydrogens (tertiary/aromatic N) is 2. The number of ether oxygens (including phenoxy) is 2. The molecule has 2 atom stereocenters. The summed E-state index contributed by atoms with van der Waals surface area (Å²) >= 11 is 0. The second kappa shape index (κ2) is 5.73. The molecule has 0 amide bonds. The lowest BCUT2D eigenvalue weighted by molar-refractivity contribution is -0.286. The zero-order chi connectivity index (χ0) is 16.7. The van der Waals surface area contributed by atoms with Gasteiger partial charge < -0.3 is 19.1 Å². The first-order valence-electron chi connectivity index (χ1n) is 8.10. The van der Waals surface area contributed by atoms with Crippen LogP contribution in [0.5, 0.6) is 11.5 Å². The van der Waals surface area contributed by atoms with Crippen LogP contribution in [0.2, 0.25) is 0 Å². The number of hydrogen-bond acceptors (Lipinski definition) is 4. The minimum atomic E-state index is -3.62. The van der Waals surface area contributed by atoms with Crippen molar-refractivity contribution in [2.75, 3.05) is 6.61 Å². The lowest BCUT2D eigenvalue weighted by Gasteiger charge is -2.30. The molecule has 1 aromatic carbocycles. The molecule has 1 aliphatic carbocycles. The molecule has 4 rings (SSSR count). The Balaban J connectivity index is 1.64. The molecule has 24 heavy (non-hydrogen) atoms. The third-order valence-corrected chi connectivity index (χ3v) is 4.73. The molecule has 7 heteroatoms. The van der Waals surface area contributed by atoms with Crippen molar-refractivity contribution in [1.29, 1.82) is 0 Å². The van der Waals surface area contributed by atoms with Crippen molar-refractivity contribution in [2.24, 2.45) is 5.92 Å². The Morgan fingerprint density at radius 1 is 1.25 bits per heavy atom. The Morgan fingerprint density at radius 3 is 2.92 bits per heavy atom. The quantitative estimate of drug-likeness (QED) is 0.930. The fraction of sp³-hybridized carbons (Fsp3) is 0.471. The molecule has 0 unspecified atom stereocenters. The van der Waals surface area contributed by atoms with Gasteiger partial charge in [0, 0.05) is 30.6 Å². The molecule has 2 heterocycles. The molecule has 1 saturated carbocycles. The zero-order valence-corrected chi connectivity index (χ0v) is 13.0.